The van der Waals surface area contributed by atoms with Crippen LogP contribution in [0.15, 0.2) is 0 Å². The molecule has 0 bridgehead atoms. The molecular weight excluding hydrogens is 180 g/mol. The molecule has 0 aromatic carbocycles. The Morgan fingerprint density at radius 3 is 2.57 bits per heavy atom. The van der Waals surface area contributed by atoms with Crippen molar-refractivity contribution in [1.82, 2.24) is 10.2 Å². The largest absolute Gasteiger partial charge is 0.480 e. The van der Waals surface area contributed by atoms with Crippen LogP contribution >= 0.6 is 0 Å². The molecule has 0 aliphatic rings. The Morgan fingerprint density at radius 2 is 2.14 bits per heavy atom. The van der Waals surface area contributed by atoms with Crippen molar-refractivity contribution < 1.29 is 9.90 Å². The molecule has 4 heteroatoms. The third kappa shape index (κ3) is 5.94. The average molecular weight is 202 g/mol. The lowest BCUT2D eigenvalue weighted by atomic mass is 10.2. The highest BCUT2D eigenvalue weighted by molar-refractivity contribution is 5.73. The normalized spacial score (nSPS) is 13.1. The average Bonchev–Trinajstić information content (AvgIpc) is 2.15. The van der Waals surface area contributed by atoms with Gasteiger partial charge in [0.2, 0.25) is 0 Å². The first-order valence-corrected chi connectivity index (χ1v) is 5.20. The molecule has 0 aromatic rings. The molecule has 0 saturated carbocycles. The number of hydrogen-bond donors (Lipinski definition) is 2. The van der Waals surface area contributed by atoms with Crippen LogP contribution in [0.2, 0.25) is 0 Å². The third-order valence-corrected chi connectivity index (χ3v) is 2.34. The molecule has 14 heavy (non-hydrogen) atoms. The summed E-state index contributed by atoms with van der Waals surface area (Å²) in [6.45, 7) is 4.03. The molecular formula is C10H22N2O2. The van der Waals surface area contributed by atoms with Gasteiger partial charge in [-0.25, -0.2) is 0 Å². The van der Waals surface area contributed by atoms with Crippen LogP contribution in [-0.2, 0) is 4.79 Å². The monoisotopic (exact) mass is 202 g/mol. The molecule has 0 aliphatic carbocycles. The fraction of sp³-hybridized carbons (Fsp3) is 0.900. The van der Waals surface area contributed by atoms with Gasteiger partial charge in [-0.2, -0.15) is 0 Å². The van der Waals surface area contributed by atoms with Crippen molar-refractivity contribution in [2.24, 2.45) is 0 Å². The lowest BCUT2D eigenvalue weighted by Crippen LogP contribution is -2.37. The predicted molar refractivity (Wildman–Crippen MR) is 57.5 cm³/mol. The molecule has 0 saturated heterocycles. The maximum absolute atomic E-state index is 10.7. The van der Waals surface area contributed by atoms with Crippen LogP contribution in [0, 0.1) is 0 Å². The minimum atomic E-state index is -0.767. The Bertz CT molecular complexity index is 162. The van der Waals surface area contributed by atoms with Gasteiger partial charge in [0.1, 0.15) is 6.04 Å². The van der Waals surface area contributed by atoms with Crippen molar-refractivity contribution in [2.75, 3.05) is 27.2 Å². The minimum absolute atomic E-state index is 0.418. The molecule has 0 heterocycles. The second kappa shape index (κ2) is 7.76. The molecule has 0 aliphatic heterocycles. The number of hydrogen-bond acceptors (Lipinski definition) is 3. The second-order valence-corrected chi connectivity index (χ2v) is 3.63. The summed E-state index contributed by atoms with van der Waals surface area (Å²) in [5, 5.41) is 11.6. The maximum Gasteiger partial charge on any atom is 0.320 e. The molecule has 0 fully saturated rings. The second-order valence-electron chi connectivity index (χ2n) is 3.63. The topological polar surface area (TPSA) is 52.6 Å². The van der Waals surface area contributed by atoms with Crippen LogP contribution in [0.4, 0.5) is 0 Å². The van der Waals surface area contributed by atoms with E-state index in [-0.39, 0.29) is 0 Å². The van der Waals surface area contributed by atoms with Gasteiger partial charge in [-0.1, -0.05) is 13.3 Å². The number of unbranched alkanes of at least 4 members (excludes halogenated alkanes) is 1. The number of nitrogens with zero attached hydrogens (tertiary/aromatic N) is 1. The number of carbonyl (C=O) groups is 1. The van der Waals surface area contributed by atoms with Crippen LogP contribution in [0.3, 0.4) is 0 Å². The molecule has 4 nitrogen and oxygen atoms in total. The summed E-state index contributed by atoms with van der Waals surface area (Å²) in [5.74, 6) is -0.767. The third-order valence-electron chi connectivity index (χ3n) is 2.34. The van der Waals surface area contributed by atoms with Gasteiger partial charge in [-0.05, 0) is 40.0 Å². The highest BCUT2D eigenvalue weighted by Crippen LogP contribution is 1.97. The molecule has 0 rings (SSSR count). The maximum atomic E-state index is 10.7. The SMILES string of the molecule is CCCCN(C)CCC(NC)C(=O)O. The van der Waals surface area contributed by atoms with Crippen molar-refractivity contribution in [3.05, 3.63) is 0 Å². The van der Waals surface area contributed by atoms with Gasteiger partial charge < -0.3 is 15.3 Å². The summed E-state index contributed by atoms with van der Waals surface area (Å²) < 4.78 is 0. The Kier molecular flexibility index (Phi) is 7.42. The summed E-state index contributed by atoms with van der Waals surface area (Å²) in [6.07, 6.45) is 3.01. The highest BCUT2D eigenvalue weighted by atomic mass is 16.4. The number of likely N-dealkylation sites (N-methyl/N-ethyl adjacent to an activating group) is 1. The number of carboxylic acids is 1. The van der Waals surface area contributed by atoms with Crippen LogP contribution in [0.5, 0.6) is 0 Å². The summed E-state index contributed by atoms with van der Waals surface area (Å²) in [4.78, 5) is 12.9. The summed E-state index contributed by atoms with van der Waals surface area (Å²) in [7, 11) is 3.72. The Morgan fingerprint density at radius 1 is 1.50 bits per heavy atom. The zero-order chi connectivity index (χ0) is 11.0. The zero-order valence-electron chi connectivity index (χ0n) is 9.42. The quantitative estimate of drug-likeness (QED) is 0.611. The number of rotatable bonds is 8. The molecule has 1 atom stereocenters. The van der Waals surface area contributed by atoms with Gasteiger partial charge >= 0.3 is 5.97 Å². The first-order chi connectivity index (χ1) is 6.61. The summed E-state index contributed by atoms with van der Waals surface area (Å²) in [5.41, 5.74) is 0. The van der Waals surface area contributed by atoms with Crippen molar-refractivity contribution in [3.8, 4) is 0 Å². The van der Waals surface area contributed by atoms with E-state index in [0.29, 0.717) is 6.42 Å². The van der Waals surface area contributed by atoms with E-state index in [1.807, 2.05) is 7.05 Å². The van der Waals surface area contributed by atoms with Gasteiger partial charge in [0.15, 0.2) is 0 Å². The summed E-state index contributed by atoms with van der Waals surface area (Å²) >= 11 is 0. The van der Waals surface area contributed by atoms with Crippen molar-refractivity contribution in [2.45, 2.75) is 32.2 Å². The number of aliphatic carboxylic acids is 1. The van der Waals surface area contributed by atoms with Crippen LogP contribution < -0.4 is 5.32 Å². The fourth-order valence-electron chi connectivity index (χ4n) is 1.28. The van der Waals surface area contributed by atoms with E-state index in [0.717, 1.165) is 13.1 Å². The van der Waals surface area contributed by atoms with Gasteiger partial charge in [0.25, 0.3) is 0 Å². The molecule has 84 valence electrons. The van der Waals surface area contributed by atoms with E-state index < -0.39 is 12.0 Å². The van der Waals surface area contributed by atoms with E-state index in [1.165, 1.54) is 12.8 Å². The van der Waals surface area contributed by atoms with E-state index >= 15 is 0 Å². The first kappa shape index (κ1) is 13.4. The van der Waals surface area contributed by atoms with E-state index in [2.05, 4.69) is 17.1 Å². The Hall–Kier alpha value is -0.610. The van der Waals surface area contributed by atoms with Gasteiger partial charge in [-0.3, -0.25) is 4.79 Å². The van der Waals surface area contributed by atoms with Gasteiger partial charge in [-0.15, -0.1) is 0 Å². The fourth-order valence-corrected chi connectivity index (χ4v) is 1.28. The number of carboxylic acid groups (broad SMARTS) is 1. The molecule has 0 radical (unpaired) electrons. The number of nitrogens with one attached hydrogen (secondary N) is 1. The standard InChI is InChI=1S/C10H22N2O2/c1-4-5-7-12(3)8-6-9(11-2)10(13)14/h9,11H,4-8H2,1-3H3,(H,13,14). The lowest BCUT2D eigenvalue weighted by molar-refractivity contribution is -0.139. The van der Waals surface area contributed by atoms with Crippen molar-refractivity contribution >= 4 is 5.97 Å². The van der Waals surface area contributed by atoms with E-state index in [1.54, 1.807) is 7.05 Å². The van der Waals surface area contributed by atoms with Crippen LogP contribution in [0.25, 0.3) is 0 Å². The molecule has 1 unspecified atom stereocenters. The molecule has 2 N–H and O–H groups in total. The van der Waals surface area contributed by atoms with Crippen molar-refractivity contribution in [1.29, 1.82) is 0 Å². The van der Waals surface area contributed by atoms with Crippen LogP contribution in [0.1, 0.15) is 26.2 Å². The van der Waals surface area contributed by atoms with Gasteiger partial charge in [0.05, 0.1) is 0 Å². The Labute approximate surface area is 86.3 Å². The Balaban J connectivity index is 3.62. The van der Waals surface area contributed by atoms with Gasteiger partial charge in [0, 0.05) is 0 Å². The molecule has 0 aromatic heterocycles. The summed E-state index contributed by atoms with van der Waals surface area (Å²) in [6, 6.07) is -0.418. The minimum Gasteiger partial charge on any atom is -0.480 e. The highest BCUT2D eigenvalue weighted by Gasteiger charge is 2.14. The smallest absolute Gasteiger partial charge is 0.320 e. The van der Waals surface area contributed by atoms with Crippen molar-refractivity contribution in [3.63, 3.8) is 0 Å². The van der Waals surface area contributed by atoms with E-state index in [9.17, 15) is 4.79 Å². The molecule has 0 spiro atoms. The first-order valence-electron chi connectivity index (χ1n) is 5.20. The predicted octanol–water partition coefficient (Wildman–Crippen LogP) is 0.781. The molecule has 0 amide bonds. The zero-order valence-corrected chi connectivity index (χ0v) is 9.42. The van der Waals surface area contributed by atoms with Crippen LogP contribution in [-0.4, -0.2) is 49.2 Å². The lowest BCUT2D eigenvalue weighted by Gasteiger charge is -2.18. The van der Waals surface area contributed by atoms with E-state index in [4.69, 9.17) is 5.11 Å².